The van der Waals surface area contributed by atoms with Crippen molar-refractivity contribution in [3.8, 4) is 6.07 Å². The number of likely N-dealkylation sites (tertiary alicyclic amines) is 1. The number of rotatable bonds is 12. The van der Waals surface area contributed by atoms with Gasteiger partial charge in [0, 0.05) is 37.9 Å². The third-order valence-corrected chi connectivity index (χ3v) is 7.48. The van der Waals surface area contributed by atoms with Crippen LogP contribution in [0.2, 0.25) is 0 Å². The SMILES string of the molecule is N#Cc1ccccc1Cc1ncc(CN(CCCCc2ccccc2)C2CCN(Cc3ccccc3)C2=O)[nH]1. The number of aromatic amines is 1. The fourth-order valence-electron chi connectivity index (χ4n) is 5.41. The van der Waals surface area contributed by atoms with E-state index in [0.29, 0.717) is 25.1 Å². The second kappa shape index (κ2) is 13.0. The van der Waals surface area contributed by atoms with Crippen LogP contribution < -0.4 is 0 Å². The van der Waals surface area contributed by atoms with Crippen LogP contribution in [0.3, 0.4) is 0 Å². The highest BCUT2D eigenvalue weighted by atomic mass is 16.2. The van der Waals surface area contributed by atoms with Crippen LogP contribution in [-0.2, 0) is 30.7 Å². The topological polar surface area (TPSA) is 76.0 Å². The first-order valence-corrected chi connectivity index (χ1v) is 13.8. The van der Waals surface area contributed by atoms with Crippen molar-refractivity contribution in [3.63, 3.8) is 0 Å². The molecule has 0 bridgehead atoms. The number of carbonyl (C=O) groups excluding carboxylic acids is 1. The van der Waals surface area contributed by atoms with Gasteiger partial charge in [0.1, 0.15) is 5.82 Å². The number of aryl methyl sites for hydroxylation is 1. The molecule has 0 radical (unpaired) electrons. The zero-order valence-corrected chi connectivity index (χ0v) is 22.3. The molecule has 0 spiro atoms. The van der Waals surface area contributed by atoms with Crippen molar-refractivity contribution in [2.45, 2.75) is 51.2 Å². The van der Waals surface area contributed by atoms with Gasteiger partial charge < -0.3 is 9.88 Å². The van der Waals surface area contributed by atoms with Gasteiger partial charge in [-0.05, 0) is 55.0 Å². The molecule has 39 heavy (non-hydrogen) atoms. The summed E-state index contributed by atoms with van der Waals surface area (Å²) in [6, 6.07) is 30.6. The molecule has 1 atom stereocenters. The Morgan fingerprint density at radius 1 is 0.949 bits per heavy atom. The Kier molecular flexibility index (Phi) is 8.82. The molecule has 6 nitrogen and oxygen atoms in total. The lowest BCUT2D eigenvalue weighted by Gasteiger charge is -2.27. The standard InChI is InChI=1S/C33H35N5O/c34-22-29-17-8-7-16-28(29)21-32-35-23-30(36-32)25-37(19-10-9-13-26-11-3-1-4-12-26)31-18-20-38(33(31)39)24-27-14-5-2-6-15-27/h1-8,11-12,14-17,23,31H,9-10,13,18-21,24-25H2,(H,35,36). The van der Waals surface area contributed by atoms with E-state index in [1.165, 1.54) is 5.56 Å². The molecule has 1 unspecified atom stereocenters. The smallest absolute Gasteiger partial charge is 0.240 e. The number of nitrogens with one attached hydrogen (secondary N) is 1. The second-order valence-electron chi connectivity index (χ2n) is 10.3. The van der Waals surface area contributed by atoms with Crippen molar-refractivity contribution in [2.24, 2.45) is 0 Å². The van der Waals surface area contributed by atoms with Crippen LogP contribution in [0.4, 0.5) is 0 Å². The molecular weight excluding hydrogens is 482 g/mol. The molecule has 1 amide bonds. The van der Waals surface area contributed by atoms with Crippen molar-refractivity contribution in [2.75, 3.05) is 13.1 Å². The molecule has 1 aliphatic rings. The molecule has 1 N–H and O–H groups in total. The largest absolute Gasteiger partial charge is 0.345 e. The first-order valence-electron chi connectivity index (χ1n) is 13.8. The normalized spacial score (nSPS) is 15.1. The van der Waals surface area contributed by atoms with E-state index in [-0.39, 0.29) is 11.9 Å². The van der Waals surface area contributed by atoms with Crippen LogP contribution in [0, 0.1) is 11.3 Å². The Morgan fingerprint density at radius 2 is 1.67 bits per heavy atom. The summed E-state index contributed by atoms with van der Waals surface area (Å²) in [6.45, 7) is 2.93. The summed E-state index contributed by atoms with van der Waals surface area (Å²) >= 11 is 0. The van der Waals surface area contributed by atoms with Crippen LogP contribution in [-0.4, -0.2) is 44.8 Å². The van der Waals surface area contributed by atoms with Gasteiger partial charge in [-0.15, -0.1) is 0 Å². The summed E-state index contributed by atoms with van der Waals surface area (Å²) in [5, 5.41) is 9.43. The van der Waals surface area contributed by atoms with Crippen LogP contribution >= 0.6 is 0 Å². The van der Waals surface area contributed by atoms with Crippen LogP contribution in [0.25, 0.3) is 0 Å². The van der Waals surface area contributed by atoms with Crippen molar-refractivity contribution in [1.82, 2.24) is 19.8 Å². The number of hydrogen-bond donors (Lipinski definition) is 1. The van der Waals surface area contributed by atoms with Gasteiger partial charge in [0.05, 0.1) is 17.7 Å². The summed E-state index contributed by atoms with van der Waals surface area (Å²) < 4.78 is 0. The minimum atomic E-state index is -0.128. The van der Waals surface area contributed by atoms with Gasteiger partial charge in [-0.3, -0.25) is 9.69 Å². The summed E-state index contributed by atoms with van der Waals surface area (Å²) in [4.78, 5) is 25.9. The predicted octanol–water partition coefficient (Wildman–Crippen LogP) is 5.50. The molecule has 5 rings (SSSR count). The predicted molar refractivity (Wildman–Crippen MR) is 153 cm³/mol. The zero-order valence-electron chi connectivity index (χ0n) is 22.3. The van der Waals surface area contributed by atoms with Gasteiger partial charge in [0.25, 0.3) is 0 Å². The number of benzene rings is 3. The molecule has 0 saturated carbocycles. The van der Waals surface area contributed by atoms with E-state index in [1.807, 2.05) is 53.6 Å². The molecular formula is C33H35N5O. The summed E-state index contributed by atoms with van der Waals surface area (Å²) in [6.07, 6.45) is 6.43. The van der Waals surface area contributed by atoms with Gasteiger partial charge in [0.15, 0.2) is 0 Å². The Bertz CT molecular complexity index is 1390. The number of H-pyrrole nitrogens is 1. The van der Waals surface area contributed by atoms with Crippen LogP contribution in [0.15, 0.2) is 91.1 Å². The Labute approximate surface area is 230 Å². The maximum Gasteiger partial charge on any atom is 0.240 e. The van der Waals surface area contributed by atoms with E-state index < -0.39 is 0 Å². The average molecular weight is 518 g/mol. The van der Waals surface area contributed by atoms with E-state index in [0.717, 1.165) is 61.4 Å². The van der Waals surface area contributed by atoms with Crippen molar-refractivity contribution in [1.29, 1.82) is 5.26 Å². The summed E-state index contributed by atoms with van der Waals surface area (Å²) in [5.41, 5.74) is 5.14. The van der Waals surface area contributed by atoms with E-state index in [9.17, 15) is 10.1 Å². The minimum absolute atomic E-state index is 0.128. The number of aromatic nitrogens is 2. The molecule has 1 fully saturated rings. The number of imidazole rings is 1. The number of nitriles is 1. The molecule has 198 valence electrons. The first-order chi connectivity index (χ1) is 19.2. The average Bonchev–Trinajstić information content (AvgIpc) is 3.57. The number of nitrogens with zero attached hydrogens (tertiary/aromatic N) is 4. The van der Waals surface area contributed by atoms with Crippen LogP contribution in [0.1, 0.15) is 53.0 Å². The number of carbonyl (C=O) groups is 1. The monoisotopic (exact) mass is 517 g/mol. The highest BCUT2D eigenvalue weighted by Gasteiger charge is 2.35. The molecule has 3 aromatic carbocycles. The first kappa shape index (κ1) is 26.4. The molecule has 1 aromatic heterocycles. The summed E-state index contributed by atoms with van der Waals surface area (Å²) in [5.74, 6) is 1.05. The van der Waals surface area contributed by atoms with Crippen LogP contribution in [0.5, 0.6) is 0 Å². The van der Waals surface area contributed by atoms with E-state index in [4.69, 9.17) is 0 Å². The van der Waals surface area contributed by atoms with Crippen molar-refractivity contribution >= 4 is 5.91 Å². The number of hydrogen-bond acceptors (Lipinski definition) is 4. The fourth-order valence-corrected chi connectivity index (χ4v) is 5.41. The zero-order chi connectivity index (χ0) is 26.9. The lowest BCUT2D eigenvalue weighted by molar-refractivity contribution is -0.132. The van der Waals surface area contributed by atoms with E-state index in [1.54, 1.807) is 0 Å². The highest BCUT2D eigenvalue weighted by Crippen LogP contribution is 2.23. The molecule has 1 saturated heterocycles. The van der Waals surface area contributed by atoms with Crippen molar-refractivity contribution in [3.05, 3.63) is 125 Å². The summed E-state index contributed by atoms with van der Waals surface area (Å²) in [7, 11) is 0. The fraction of sp³-hybridized carbons (Fsp3) is 0.303. The third-order valence-electron chi connectivity index (χ3n) is 7.48. The maximum absolute atomic E-state index is 13.5. The van der Waals surface area contributed by atoms with Gasteiger partial charge in [-0.1, -0.05) is 78.9 Å². The van der Waals surface area contributed by atoms with Crippen molar-refractivity contribution < 1.29 is 4.79 Å². The molecule has 2 heterocycles. The number of unbranched alkanes of at least 4 members (excludes halogenated alkanes) is 1. The lowest BCUT2D eigenvalue weighted by Crippen LogP contribution is -2.42. The van der Waals surface area contributed by atoms with Gasteiger partial charge in [-0.2, -0.15) is 5.26 Å². The molecule has 6 heteroatoms. The Hall–Kier alpha value is -4.21. The highest BCUT2D eigenvalue weighted by molar-refractivity contribution is 5.84. The Balaban J connectivity index is 1.25. The number of amides is 1. The molecule has 4 aromatic rings. The Morgan fingerprint density at radius 3 is 2.44 bits per heavy atom. The van der Waals surface area contributed by atoms with E-state index >= 15 is 0 Å². The molecule has 0 aliphatic carbocycles. The van der Waals surface area contributed by atoms with Gasteiger partial charge >= 0.3 is 0 Å². The molecule has 1 aliphatic heterocycles. The van der Waals surface area contributed by atoms with E-state index in [2.05, 4.69) is 63.4 Å². The maximum atomic E-state index is 13.5. The van der Waals surface area contributed by atoms with Gasteiger partial charge in [-0.25, -0.2) is 4.98 Å². The second-order valence-corrected chi connectivity index (χ2v) is 10.3. The quantitative estimate of drug-likeness (QED) is 0.252. The van der Waals surface area contributed by atoms with Gasteiger partial charge in [0.2, 0.25) is 5.91 Å². The minimum Gasteiger partial charge on any atom is -0.345 e. The third kappa shape index (κ3) is 7.01. The lowest BCUT2D eigenvalue weighted by atomic mass is 10.1.